The van der Waals surface area contributed by atoms with Crippen molar-refractivity contribution >= 4 is 18.3 Å². The molecule has 2 aromatic carbocycles. The molecule has 0 aromatic heterocycles. The second-order valence-corrected chi connectivity index (χ2v) is 6.26. The summed E-state index contributed by atoms with van der Waals surface area (Å²) in [5.74, 6) is 0.682. The maximum atomic E-state index is 12.3. The number of hydrogen-bond donors (Lipinski definition) is 2. The number of hydrogen-bond acceptors (Lipinski definition) is 3. The van der Waals surface area contributed by atoms with E-state index in [0.717, 1.165) is 16.9 Å². The molecular weight excluding hydrogens is 336 g/mol. The molecule has 0 bridgehead atoms. The first-order valence-corrected chi connectivity index (χ1v) is 8.32. The molecule has 2 rings (SSSR count). The molecule has 0 aliphatic heterocycles. The molecule has 0 fully saturated rings. The molecule has 2 atom stereocenters. The van der Waals surface area contributed by atoms with Gasteiger partial charge in [0.2, 0.25) is 5.91 Å². The molecule has 136 valence electrons. The SMILES string of the molecule is CC(C)Oc1ccc(C(C)NC(=O)C(N)Cc2ccccc2)cc1.Cl. The van der Waals surface area contributed by atoms with Gasteiger partial charge in [-0.15, -0.1) is 12.4 Å². The minimum atomic E-state index is -0.557. The minimum absolute atomic E-state index is 0. The van der Waals surface area contributed by atoms with Gasteiger partial charge in [0.15, 0.2) is 0 Å². The van der Waals surface area contributed by atoms with Crippen molar-refractivity contribution in [2.75, 3.05) is 0 Å². The number of carbonyl (C=O) groups is 1. The lowest BCUT2D eigenvalue weighted by molar-refractivity contribution is -0.123. The maximum absolute atomic E-state index is 12.3. The number of nitrogens with one attached hydrogen (secondary N) is 1. The fourth-order valence-corrected chi connectivity index (χ4v) is 2.47. The average molecular weight is 363 g/mol. The van der Waals surface area contributed by atoms with Crippen LogP contribution in [0.5, 0.6) is 5.75 Å². The van der Waals surface area contributed by atoms with Gasteiger partial charge >= 0.3 is 0 Å². The molecule has 0 heterocycles. The summed E-state index contributed by atoms with van der Waals surface area (Å²) in [7, 11) is 0. The van der Waals surface area contributed by atoms with E-state index >= 15 is 0 Å². The van der Waals surface area contributed by atoms with Crippen LogP contribution in [0.3, 0.4) is 0 Å². The zero-order valence-corrected chi connectivity index (χ0v) is 15.8. The Hall–Kier alpha value is -2.04. The van der Waals surface area contributed by atoms with Gasteiger partial charge < -0.3 is 15.8 Å². The molecule has 0 aliphatic rings. The number of nitrogens with two attached hydrogens (primary N) is 1. The van der Waals surface area contributed by atoms with Crippen molar-refractivity contribution in [2.45, 2.75) is 45.4 Å². The molecule has 0 radical (unpaired) electrons. The molecule has 4 nitrogen and oxygen atoms in total. The average Bonchev–Trinajstić information content (AvgIpc) is 2.55. The number of benzene rings is 2. The van der Waals surface area contributed by atoms with Gasteiger partial charge in [0, 0.05) is 0 Å². The third-order valence-corrected chi connectivity index (χ3v) is 3.75. The second kappa shape index (κ2) is 10.1. The third kappa shape index (κ3) is 6.77. The van der Waals surface area contributed by atoms with E-state index in [4.69, 9.17) is 10.5 Å². The Kier molecular flexibility index (Phi) is 8.46. The standard InChI is InChI=1S/C20H26N2O2.ClH/c1-14(2)24-18-11-9-17(10-12-18)15(3)22-20(23)19(21)13-16-7-5-4-6-8-16;/h4-12,14-15,19H,13,21H2,1-3H3,(H,22,23);1H. The Morgan fingerprint density at radius 1 is 1.04 bits per heavy atom. The van der Waals surface area contributed by atoms with Crippen molar-refractivity contribution in [2.24, 2.45) is 5.73 Å². The Bertz CT molecular complexity index is 645. The Labute approximate surface area is 156 Å². The first kappa shape index (κ1) is 21.0. The van der Waals surface area contributed by atoms with Crippen LogP contribution in [0, 0.1) is 0 Å². The van der Waals surface area contributed by atoms with E-state index in [9.17, 15) is 4.79 Å². The summed E-state index contributed by atoms with van der Waals surface area (Å²) in [4.78, 5) is 12.3. The van der Waals surface area contributed by atoms with E-state index in [-0.39, 0.29) is 30.5 Å². The van der Waals surface area contributed by atoms with Crippen LogP contribution in [-0.4, -0.2) is 18.1 Å². The highest BCUT2D eigenvalue weighted by atomic mass is 35.5. The lowest BCUT2D eigenvalue weighted by atomic mass is 10.0. The minimum Gasteiger partial charge on any atom is -0.491 e. The van der Waals surface area contributed by atoms with Crippen LogP contribution in [0.2, 0.25) is 0 Å². The summed E-state index contributed by atoms with van der Waals surface area (Å²) in [6.45, 7) is 5.93. The van der Waals surface area contributed by atoms with Gasteiger partial charge in [-0.05, 0) is 50.5 Å². The monoisotopic (exact) mass is 362 g/mol. The Balaban J connectivity index is 0.00000312. The summed E-state index contributed by atoms with van der Waals surface area (Å²) >= 11 is 0. The van der Waals surface area contributed by atoms with Crippen molar-refractivity contribution in [3.05, 3.63) is 65.7 Å². The molecule has 25 heavy (non-hydrogen) atoms. The molecule has 5 heteroatoms. The molecule has 0 saturated carbocycles. The normalized spacial score (nSPS) is 12.8. The summed E-state index contributed by atoms with van der Waals surface area (Å²) in [5, 5.41) is 2.97. The molecule has 0 spiro atoms. The van der Waals surface area contributed by atoms with Crippen LogP contribution in [0.1, 0.15) is 37.9 Å². The van der Waals surface area contributed by atoms with Gasteiger partial charge in [0.1, 0.15) is 5.75 Å². The lowest BCUT2D eigenvalue weighted by Gasteiger charge is -2.18. The molecule has 0 aliphatic carbocycles. The van der Waals surface area contributed by atoms with Crippen LogP contribution in [0.4, 0.5) is 0 Å². The predicted molar refractivity (Wildman–Crippen MR) is 104 cm³/mol. The summed E-state index contributed by atoms with van der Waals surface area (Å²) in [6, 6.07) is 16.9. The lowest BCUT2D eigenvalue weighted by Crippen LogP contribution is -2.42. The van der Waals surface area contributed by atoms with Crippen molar-refractivity contribution in [3.8, 4) is 5.75 Å². The first-order valence-electron chi connectivity index (χ1n) is 8.32. The predicted octanol–water partition coefficient (Wildman–Crippen LogP) is 3.64. The highest BCUT2D eigenvalue weighted by Gasteiger charge is 2.17. The summed E-state index contributed by atoms with van der Waals surface area (Å²) in [6.07, 6.45) is 0.671. The quantitative estimate of drug-likeness (QED) is 0.790. The van der Waals surface area contributed by atoms with Gasteiger partial charge in [0.05, 0.1) is 18.2 Å². The van der Waals surface area contributed by atoms with Crippen molar-refractivity contribution in [1.29, 1.82) is 0 Å². The largest absolute Gasteiger partial charge is 0.491 e. The van der Waals surface area contributed by atoms with Crippen molar-refractivity contribution in [1.82, 2.24) is 5.32 Å². The molecule has 0 saturated heterocycles. The van der Waals surface area contributed by atoms with E-state index in [1.807, 2.05) is 75.4 Å². The van der Waals surface area contributed by atoms with Crippen LogP contribution < -0.4 is 15.8 Å². The smallest absolute Gasteiger partial charge is 0.237 e. The number of carbonyl (C=O) groups excluding carboxylic acids is 1. The molecular formula is C20H27ClN2O2. The first-order chi connectivity index (χ1) is 11.5. The van der Waals surface area contributed by atoms with Crippen LogP contribution in [-0.2, 0) is 11.2 Å². The van der Waals surface area contributed by atoms with Gasteiger partial charge in [-0.25, -0.2) is 0 Å². The zero-order chi connectivity index (χ0) is 17.5. The van der Waals surface area contributed by atoms with Gasteiger partial charge in [0.25, 0.3) is 0 Å². The molecule has 2 aromatic rings. The fraction of sp³-hybridized carbons (Fsp3) is 0.350. The third-order valence-electron chi connectivity index (χ3n) is 3.75. The second-order valence-electron chi connectivity index (χ2n) is 6.26. The van der Waals surface area contributed by atoms with Crippen LogP contribution >= 0.6 is 12.4 Å². The van der Waals surface area contributed by atoms with E-state index < -0.39 is 6.04 Å². The van der Waals surface area contributed by atoms with E-state index in [0.29, 0.717) is 6.42 Å². The summed E-state index contributed by atoms with van der Waals surface area (Å²) < 4.78 is 5.63. The highest BCUT2D eigenvalue weighted by Crippen LogP contribution is 2.18. The van der Waals surface area contributed by atoms with E-state index in [1.165, 1.54) is 0 Å². The number of amides is 1. The Morgan fingerprint density at radius 3 is 2.20 bits per heavy atom. The van der Waals surface area contributed by atoms with Gasteiger partial charge in [-0.3, -0.25) is 4.79 Å². The Morgan fingerprint density at radius 2 is 1.64 bits per heavy atom. The summed E-state index contributed by atoms with van der Waals surface area (Å²) in [5.41, 5.74) is 8.10. The molecule has 2 unspecified atom stereocenters. The fourth-order valence-electron chi connectivity index (χ4n) is 2.47. The number of rotatable bonds is 7. The van der Waals surface area contributed by atoms with Crippen LogP contribution in [0.15, 0.2) is 54.6 Å². The molecule has 1 amide bonds. The highest BCUT2D eigenvalue weighted by molar-refractivity contribution is 5.85. The number of halogens is 1. The van der Waals surface area contributed by atoms with E-state index in [1.54, 1.807) is 0 Å². The molecule has 3 N–H and O–H groups in total. The topological polar surface area (TPSA) is 64.3 Å². The van der Waals surface area contributed by atoms with Crippen LogP contribution in [0.25, 0.3) is 0 Å². The number of ether oxygens (including phenoxy) is 1. The maximum Gasteiger partial charge on any atom is 0.237 e. The van der Waals surface area contributed by atoms with Crippen molar-refractivity contribution in [3.63, 3.8) is 0 Å². The van der Waals surface area contributed by atoms with Crippen molar-refractivity contribution < 1.29 is 9.53 Å². The zero-order valence-electron chi connectivity index (χ0n) is 14.9. The van der Waals surface area contributed by atoms with Gasteiger partial charge in [-0.1, -0.05) is 42.5 Å². The van der Waals surface area contributed by atoms with E-state index in [2.05, 4.69) is 5.32 Å². The van der Waals surface area contributed by atoms with Gasteiger partial charge in [-0.2, -0.15) is 0 Å².